The lowest BCUT2D eigenvalue weighted by Gasteiger charge is -2.40. The molecule has 1 saturated heterocycles. The van der Waals surface area contributed by atoms with Crippen LogP contribution in [0.25, 0.3) is 0 Å². The van der Waals surface area contributed by atoms with Crippen LogP contribution in [-0.2, 0) is 15.9 Å². The SMILES string of the molecule is C=C(C)[O-].C=C[C@H]1C[C@@H](CCCc2ccccc2)OC(C)(C)O1. The van der Waals surface area contributed by atoms with Crippen LogP contribution in [-0.4, -0.2) is 18.0 Å². The Hall–Kier alpha value is -1.58. The zero-order chi connectivity index (χ0) is 17.3. The fourth-order valence-electron chi connectivity index (χ4n) is 2.65. The van der Waals surface area contributed by atoms with Crippen LogP contribution in [0.5, 0.6) is 0 Å². The molecule has 1 aromatic carbocycles. The quantitative estimate of drug-likeness (QED) is 0.609. The fourth-order valence-corrected chi connectivity index (χ4v) is 2.65. The number of hydrogen-bond acceptors (Lipinski definition) is 3. The van der Waals surface area contributed by atoms with E-state index in [1.807, 2.05) is 19.9 Å². The predicted molar refractivity (Wildman–Crippen MR) is 92.8 cm³/mol. The van der Waals surface area contributed by atoms with Gasteiger partial charge in [0.15, 0.2) is 5.79 Å². The first-order valence-corrected chi connectivity index (χ1v) is 8.17. The lowest BCUT2D eigenvalue weighted by molar-refractivity contribution is -0.300. The molecule has 1 aliphatic heterocycles. The monoisotopic (exact) mass is 317 g/mol. The van der Waals surface area contributed by atoms with Crippen molar-refractivity contribution in [3.8, 4) is 0 Å². The standard InChI is InChI=1S/C17H24O2.C3H6O/c1-4-15-13-16(19-17(2,3)18-15)12-8-11-14-9-6-5-7-10-14;1-3(2)4/h4-7,9-10,15-16H,1,8,11-13H2,2-3H3;4H,1H2,2H3/p-1/t15-,16+;/m0./s1. The van der Waals surface area contributed by atoms with Crippen LogP contribution < -0.4 is 5.11 Å². The van der Waals surface area contributed by atoms with Gasteiger partial charge in [-0.2, -0.15) is 0 Å². The summed E-state index contributed by atoms with van der Waals surface area (Å²) >= 11 is 0. The highest BCUT2D eigenvalue weighted by atomic mass is 16.7. The molecule has 1 heterocycles. The number of rotatable bonds is 5. The van der Waals surface area contributed by atoms with Gasteiger partial charge in [0.25, 0.3) is 0 Å². The Morgan fingerprint density at radius 1 is 1.30 bits per heavy atom. The molecule has 1 aromatic rings. The minimum Gasteiger partial charge on any atom is -0.876 e. The molecule has 2 rings (SSSR count). The molecule has 1 fully saturated rings. The molecule has 23 heavy (non-hydrogen) atoms. The maximum absolute atomic E-state index is 9.33. The Balaban J connectivity index is 0.000000593. The van der Waals surface area contributed by atoms with Gasteiger partial charge in [0.2, 0.25) is 0 Å². The van der Waals surface area contributed by atoms with Crippen molar-refractivity contribution >= 4 is 0 Å². The lowest BCUT2D eigenvalue weighted by Crippen LogP contribution is -2.43. The Kier molecular flexibility index (Phi) is 8.07. The second kappa shape index (κ2) is 9.53. The Labute approximate surface area is 140 Å². The summed E-state index contributed by atoms with van der Waals surface area (Å²) in [6.45, 7) is 12.2. The Morgan fingerprint density at radius 3 is 2.48 bits per heavy atom. The van der Waals surface area contributed by atoms with Crippen LogP contribution >= 0.6 is 0 Å². The smallest absolute Gasteiger partial charge is 0.163 e. The Bertz CT molecular complexity index is 475. The van der Waals surface area contributed by atoms with E-state index >= 15 is 0 Å². The molecule has 0 bridgehead atoms. The summed E-state index contributed by atoms with van der Waals surface area (Å²) in [7, 11) is 0. The van der Waals surface area contributed by atoms with Crippen molar-refractivity contribution in [2.75, 3.05) is 0 Å². The summed E-state index contributed by atoms with van der Waals surface area (Å²) in [5.41, 5.74) is 1.40. The topological polar surface area (TPSA) is 41.5 Å². The maximum atomic E-state index is 9.33. The lowest BCUT2D eigenvalue weighted by atomic mass is 10.0. The molecular weight excluding hydrogens is 288 g/mol. The average molecular weight is 317 g/mol. The van der Waals surface area contributed by atoms with Gasteiger partial charge in [0, 0.05) is 6.42 Å². The van der Waals surface area contributed by atoms with Crippen LogP contribution in [0.4, 0.5) is 0 Å². The highest BCUT2D eigenvalue weighted by molar-refractivity contribution is 5.14. The molecule has 1 aliphatic rings. The molecule has 0 unspecified atom stereocenters. The van der Waals surface area contributed by atoms with E-state index in [4.69, 9.17) is 9.47 Å². The number of hydrogen-bond donors (Lipinski definition) is 0. The molecule has 3 nitrogen and oxygen atoms in total. The van der Waals surface area contributed by atoms with E-state index < -0.39 is 5.79 Å². The van der Waals surface area contributed by atoms with Gasteiger partial charge in [0.05, 0.1) is 12.2 Å². The Morgan fingerprint density at radius 2 is 1.91 bits per heavy atom. The molecule has 0 aliphatic carbocycles. The molecule has 0 N–H and O–H groups in total. The minimum atomic E-state index is -0.492. The molecular formula is C20H29O3-. The van der Waals surface area contributed by atoms with Gasteiger partial charge < -0.3 is 14.6 Å². The van der Waals surface area contributed by atoms with E-state index in [-0.39, 0.29) is 18.0 Å². The average Bonchev–Trinajstić information content (AvgIpc) is 2.46. The van der Waals surface area contributed by atoms with Crippen LogP contribution in [0.3, 0.4) is 0 Å². The first-order valence-electron chi connectivity index (χ1n) is 8.17. The highest BCUT2D eigenvalue weighted by Crippen LogP contribution is 2.29. The van der Waals surface area contributed by atoms with Crippen LogP contribution in [0.1, 0.15) is 45.6 Å². The molecule has 0 radical (unpaired) electrons. The third-order valence-corrected chi connectivity index (χ3v) is 3.48. The molecule has 0 aromatic heterocycles. The van der Waals surface area contributed by atoms with E-state index in [0.717, 1.165) is 25.7 Å². The zero-order valence-corrected chi connectivity index (χ0v) is 14.6. The van der Waals surface area contributed by atoms with Gasteiger partial charge in [-0.3, -0.25) is 0 Å². The summed E-state index contributed by atoms with van der Waals surface area (Å²) in [6, 6.07) is 10.6. The van der Waals surface area contributed by atoms with Gasteiger partial charge >= 0.3 is 0 Å². The first-order chi connectivity index (χ1) is 10.8. The van der Waals surface area contributed by atoms with Gasteiger partial charge in [-0.25, -0.2) is 0 Å². The van der Waals surface area contributed by atoms with Crippen molar-refractivity contribution in [3.05, 3.63) is 60.9 Å². The number of benzene rings is 1. The highest BCUT2D eigenvalue weighted by Gasteiger charge is 2.33. The van der Waals surface area contributed by atoms with Gasteiger partial charge in [-0.05, 0) is 38.7 Å². The number of ether oxygens (including phenoxy) is 2. The van der Waals surface area contributed by atoms with E-state index in [2.05, 4.69) is 43.5 Å². The first kappa shape index (κ1) is 19.5. The third-order valence-electron chi connectivity index (χ3n) is 3.48. The van der Waals surface area contributed by atoms with E-state index in [0.29, 0.717) is 0 Å². The van der Waals surface area contributed by atoms with Crippen molar-refractivity contribution < 1.29 is 14.6 Å². The van der Waals surface area contributed by atoms with E-state index in [1.54, 1.807) is 0 Å². The van der Waals surface area contributed by atoms with Crippen molar-refractivity contribution in [2.24, 2.45) is 0 Å². The third kappa shape index (κ3) is 8.58. The normalized spacial score (nSPS) is 22.6. The molecule has 0 spiro atoms. The largest absolute Gasteiger partial charge is 0.876 e. The van der Waals surface area contributed by atoms with Gasteiger partial charge in [0.1, 0.15) is 0 Å². The molecule has 3 heteroatoms. The van der Waals surface area contributed by atoms with Crippen molar-refractivity contribution in [3.63, 3.8) is 0 Å². The van der Waals surface area contributed by atoms with Crippen LogP contribution in [0, 0.1) is 0 Å². The predicted octanol–water partition coefficient (Wildman–Crippen LogP) is 3.99. The summed E-state index contributed by atoms with van der Waals surface area (Å²) in [5, 5.41) is 9.33. The van der Waals surface area contributed by atoms with E-state index in [9.17, 15) is 5.11 Å². The van der Waals surface area contributed by atoms with Gasteiger partial charge in [-0.15, -0.1) is 18.9 Å². The summed E-state index contributed by atoms with van der Waals surface area (Å²) in [6.07, 6.45) is 6.53. The molecule has 0 amide bonds. The van der Waals surface area contributed by atoms with Crippen LogP contribution in [0.2, 0.25) is 0 Å². The summed E-state index contributed by atoms with van der Waals surface area (Å²) in [5.74, 6) is -0.575. The minimum absolute atomic E-state index is 0.0833. The van der Waals surface area contributed by atoms with Crippen LogP contribution in [0.15, 0.2) is 55.3 Å². The molecule has 0 saturated carbocycles. The van der Waals surface area contributed by atoms with Crippen molar-refractivity contribution in [1.29, 1.82) is 0 Å². The second-order valence-corrected chi connectivity index (χ2v) is 6.35. The second-order valence-electron chi connectivity index (χ2n) is 6.35. The van der Waals surface area contributed by atoms with Gasteiger partial charge in [-0.1, -0.05) is 43.3 Å². The van der Waals surface area contributed by atoms with E-state index in [1.165, 1.54) is 12.5 Å². The number of allylic oxidation sites excluding steroid dienone is 1. The van der Waals surface area contributed by atoms with Crippen molar-refractivity contribution in [2.45, 2.75) is 64.4 Å². The van der Waals surface area contributed by atoms with Crippen molar-refractivity contribution in [1.82, 2.24) is 0 Å². The fraction of sp³-hybridized carbons (Fsp3) is 0.500. The zero-order valence-electron chi connectivity index (χ0n) is 14.6. The number of aryl methyl sites for hydroxylation is 1. The maximum Gasteiger partial charge on any atom is 0.163 e. The molecule has 128 valence electrons. The molecule has 2 atom stereocenters. The summed E-state index contributed by atoms with van der Waals surface area (Å²) in [4.78, 5) is 0. The summed E-state index contributed by atoms with van der Waals surface area (Å²) < 4.78 is 11.8.